The second kappa shape index (κ2) is 8.88. The van der Waals surface area contributed by atoms with E-state index in [1.54, 1.807) is 43.5 Å². The molecule has 0 radical (unpaired) electrons. The summed E-state index contributed by atoms with van der Waals surface area (Å²) in [5.41, 5.74) is 1.33. The summed E-state index contributed by atoms with van der Waals surface area (Å²) in [4.78, 5) is 35.5. The first-order chi connectivity index (χ1) is 14.0. The molecule has 3 rings (SSSR count). The largest absolute Gasteiger partial charge is 0.493 e. The molecule has 148 valence electrons. The fraction of sp³-hybridized carbons (Fsp3) is 0.136. The molecule has 7 heteroatoms. The van der Waals surface area contributed by atoms with Crippen LogP contribution in [0.3, 0.4) is 0 Å². The average molecular weight is 393 g/mol. The number of esters is 1. The summed E-state index contributed by atoms with van der Waals surface area (Å²) in [6.45, 7) is 0.923. The second-order valence-corrected chi connectivity index (χ2v) is 6.12. The highest BCUT2D eigenvalue weighted by Crippen LogP contribution is 2.28. The van der Waals surface area contributed by atoms with Crippen molar-refractivity contribution in [3.63, 3.8) is 0 Å². The van der Waals surface area contributed by atoms with Gasteiger partial charge in [-0.2, -0.15) is 0 Å². The lowest BCUT2D eigenvalue weighted by Crippen LogP contribution is -2.21. The fourth-order valence-electron chi connectivity index (χ4n) is 2.72. The molecule has 1 aromatic heterocycles. The molecular formula is C22H19NO6. The van der Waals surface area contributed by atoms with E-state index < -0.39 is 18.5 Å². The number of anilines is 1. The molecule has 7 nitrogen and oxygen atoms in total. The van der Waals surface area contributed by atoms with Crippen LogP contribution in [-0.4, -0.2) is 31.4 Å². The van der Waals surface area contributed by atoms with Gasteiger partial charge in [0.15, 0.2) is 23.7 Å². The minimum Gasteiger partial charge on any atom is -0.493 e. The van der Waals surface area contributed by atoms with Gasteiger partial charge in [0.2, 0.25) is 0 Å². The number of rotatable bonds is 7. The Hall–Kier alpha value is -3.87. The smallest absolute Gasteiger partial charge is 0.331 e. The van der Waals surface area contributed by atoms with E-state index >= 15 is 0 Å². The minimum absolute atomic E-state index is 0.178. The number of hydrogen-bond donors (Lipinski definition) is 1. The van der Waals surface area contributed by atoms with Crippen LogP contribution in [-0.2, 0) is 14.3 Å². The van der Waals surface area contributed by atoms with Crippen LogP contribution in [0.5, 0.6) is 5.75 Å². The first-order valence-electron chi connectivity index (χ1n) is 8.79. The number of ether oxygens (including phenoxy) is 2. The van der Waals surface area contributed by atoms with Gasteiger partial charge >= 0.3 is 5.97 Å². The molecule has 0 aliphatic rings. The number of benzene rings is 2. The number of methoxy groups -OCH3 is 1. The molecule has 3 aromatic rings. The molecule has 0 saturated carbocycles. The zero-order valence-electron chi connectivity index (χ0n) is 15.9. The molecule has 0 fully saturated rings. The highest BCUT2D eigenvalue weighted by atomic mass is 16.5. The summed E-state index contributed by atoms with van der Waals surface area (Å²) in [6.07, 6.45) is 2.62. The van der Waals surface area contributed by atoms with E-state index in [1.165, 1.54) is 19.1 Å². The third-order valence-electron chi connectivity index (χ3n) is 4.06. The molecule has 1 amide bonds. The number of ketones is 1. The number of carbonyl (C=O) groups is 3. The molecule has 1 heterocycles. The predicted octanol–water partition coefficient (Wildman–Crippen LogP) is 3.84. The van der Waals surface area contributed by atoms with E-state index in [-0.39, 0.29) is 5.78 Å². The number of carbonyl (C=O) groups excluding carboxylic acids is 3. The summed E-state index contributed by atoms with van der Waals surface area (Å²) < 4.78 is 15.8. The third kappa shape index (κ3) is 4.90. The fourth-order valence-corrected chi connectivity index (χ4v) is 2.72. The van der Waals surface area contributed by atoms with E-state index in [9.17, 15) is 14.4 Å². The van der Waals surface area contributed by atoms with Gasteiger partial charge in [-0.3, -0.25) is 9.59 Å². The first kappa shape index (κ1) is 19.9. The summed E-state index contributed by atoms with van der Waals surface area (Å²) in [5.74, 6) is -0.391. The van der Waals surface area contributed by atoms with Crippen molar-refractivity contribution in [2.45, 2.75) is 6.92 Å². The molecule has 0 atom stereocenters. The average Bonchev–Trinajstić information content (AvgIpc) is 3.14. The van der Waals surface area contributed by atoms with Gasteiger partial charge in [-0.25, -0.2) is 4.79 Å². The maximum Gasteiger partial charge on any atom is 0.331 e. The third-order valence-corrected chi connectivity index (χ3v) is 4.06. The van der Waals surface area contributed by atoms with Crippen molar-refractivity contribution in [2.75, 3.05) is 19.0 Å². The molecule has 0 aliphatic heterocycles. The normalized spacial score (nSPS) is 10.8. The lowest BCUT2D eigenvalue weighted by Gasteiger charge is -2.08. The van der Waals surface area contributed by atoms with Gasteiger partial charge in [-0.15, -0.1) is 0 Å². The summed E-state index contributed by atoms with van der Waals surface area (Å²) in [6, 6.07) is 13.8. The van der Waals surface area contributed by atoms with Gasteiger partial charge in [0.1, 0.15) is 5.76 Å². The van der Waals surface area contributed by atoms with Crippen molar-refractivity contribution < 1.29 is 28.3 Å². The summed E-state index contributed by atoms with van der Waals surface area (Å²) in [7, 11) is 1.55. The van der Waals surface area contributed by atoms with Crippen LogP contribution < -0.4 is 10.1 Å². The zero-order chi connectivity index (χ0) is 20.8. The molecular weight excluding hydrogens is 374 g/mol. The van der Waals surface area contributed by atoms with Crippen molar-refractivity contribution in [1.82, 2.24) is 0 Å². The van der Waals surface area contributed by atoms with Crippen LogP contribution >= 0.6 is 0 Å². The summed E-state index contributed by atoms with van der Waals surface area (Å²) in [5, 5.41) is 3.39. The lowest BCUT2D eigenvalue weighted by molar-refractivity contribution is -0.142. The maximum atomic E-state index is 12.0. The van der Waals surface area contributed by atoms with E-state index in [2.05, 4.69) is 5.32 Å². The van der Waals surface area contributed by atoms with E-state index in [0.717, 1.165) is 5.39 Å². The number of Topliss-reactive ketones (excluding diaryl/α,β-unsaturated/α-hetero) is 1. The van der Waals surface area contributed by atoms with Crippen LogP contribution in [0.25, 0.3) is 17.0 Å². The Balaban J connectivity index is 1.57. The van der Waals surface area contributed by atoms with Crippen molar-refractivity contribution in [3.05, 3.63) is 65.9 Å². The van der Waals surface area contributed by atoms with Gasteiger partial charge in [-0.1, -0.05) is 24.3 Å². The highest BCUT2D eigenvalue weighted by Gasteiger charge is 2.11. The number of amides is 1. The standard InChI is InChI=1S/C22H19NO6/c1-14(24)17-7-3-4-8-18(17)23-20(25)13-28-21(26)11-10-16-12-15-6-5-9-19(27-2)22(15)29-16/h3-12H,13H2,1-2H3,(H,23,25)/b11-10+. The van der Waals surface area contributed by atoms with Gasteiger partial charge in [0.05, 0.1) is 12.8 Å². The van der Waals surface area contributed by atoms with Crippen molar-refractivity contribution in [3.8, 4) is 5.75 Å². The number of fused-ring (bicyclic) bond motifs is 1. The molecule has 2 aromatic carbocycles. The van der Waals surface area contributed by atoms with Gasteiger partial charge < -0.3 is 19.2 Å². The Kier molecular flexibility index (Phi) is 6.09. The Morgan fingerprint density at radius 2 is 1.90 bits per heavy atom. The molecule has 29 heavy (non-hydrogen) atoms. The van der Waals surface area contributed by atoms with Crippen LogP contribution in [0.4, 0.5) is 5.69 Å². The monoisotopic (exact) mass is 393 g/mol. The highest BCUT2D eigenvalue weighted by molar-refractivity contribution is 6.04. The zero-order valence-corrected chi connectivity index (χ0v) is 15.9. The number of hydrogen-bond acceptors (Lipinski definition) is 6. The van der Waals surface area contributed by atoms with Crippen LogP contribution in [0.1, 0.15) is 23.0 Å². The SMILES string of the molecule is COc1cccc2cc(/C=C/C(=O)OCC(=O)Nc3ccccc3C(C)=O)oc12. The first-order valence-corrected chi connectivity index (χ1v) is 8.79. The Morgan fingerprint density at radius 3 is 2.66 bits per heavy atom. The van der Waals surface area contributed by atoms with Gasteiger partial charge in [-0.05, 0) is 37.3 Å². The number of nitrogens with one attached hydrogen (secondary N) is 1. The Bertz CT molecular complexity index is 1100. The topological polar surface area (TPSA) is 94.8 Å². The quantitative estimate of drug-likeness (QED) is 0.372. The van der Waals surface area contributed by atoms with Gasteiger partial charge in [0, 0.05) is 17.0 Å². The second-order valence-electron chi connectivity index (χ2n) is 6.12. The van der Waals surface area contributed by atoms with Crippen LogP contribution in [0.2, 0.25) is 0 Å². The van der Waals surface area contributed by atoms with Crippen molar-refractivity contribution >= 4 is 40.4 Å². The Morgan fingerprint density at radius 1 is 1.10 bits per heavy atom. The summed E-state index contributed by atoms with van der Waals surface area (Å²) >= 11 is 0. The van der Waals surface area contributed by atoms with E-state index in [0.29, 0.717) is 28.3 Å². The lowest BCUT2D eigenvalue weighted by atomic mass is 10.1. The number of para-hydroxylation sites is 2. The predicted molar refractivity (Wildman–Crippen MR) is 108 cm³/mol. The van der Waals surface area contributed by atoms with Crippen LogP contribution in [0.15, 0.2) is 59.0 Å². The molecule has 0 bridgehead atoms. The maximum absolute atomic E-state index is 12.0. The van der Waals surface area contributed by atoms with E-state index in [1.807, 2.05) is 12.1 Å². The molecule has 0 spiro atoms. The molecule has 0 unspecified atom stereocenters. The Labute approximate surface area is 166 Å². The molecule has 0 aliphatic carbocycles. The molecule has 1 N–H and O–H groups in total. The van der Waals surface area contributed by atoms with E-state index in [4.69, 9.17) is 13.9 Å². The van der Waals surface area contributed by atoms with Crippen molar-refractivity contribution in [2.24, 2.45) is 0 Å². The van der Waals surface area contributed by atoms with Crippen molar-refractivity contribution in [1.29, 1.82) is 0 Å². The molecule has 0 saturated heterocycles. The van der Waals surface area contributed by atoms with Crippen LogP contribution in [0, 0.1) is 0 Å². The number of furan rings is 1. The van der Waals surface area contributed by atoms with Gasteiger partial charge in [0.25, 0.3) is 5.91 Å². The minimum atomic E-state index is -0.701.